The molecule has 2 heterocycles. The predicted octanol–water partition coefficient (Wildman–Crippen LogP) is 2.56. The van der Waals surface area contributed by atoms with Gasteiger partial charge in [0.1, 0.15) is 5.82 Å². The molecule has 0 spiro atoms. The van der Waals surface area contributed by atoms with Crippen LogP contribution < -0.4 is 0 Å². The highest BCUT2D eigenvalue weighted by Gasteiger charge is 2.08. The average Bonchev–Trinajstić information content (AvgIpc) is 2.66. The van der Waals surface area contributed by atoms with Crippen LogP contribution in [0.3, 0.4) is 0 Å². The topological polar surface area (TPSA) is 61.8 Å². The van der Waals surface area contributed by atoms with Crippen molar-refractivity contribution in [2.45, 2.75) is 32.8 Å². The number of rotatable bonds is 4. The van der Waals surface area contributed by atoms with Crippen LogP contribution in [0.25, 0.3) is 11.2 Å². The average molecular weight is 284 g/mol. The molecule has 0 radical (unpaired) electrons. The Morgan fingerprint density at radius 2 is 2.25 bits per heavy atom. The third kappa shape index (κ3) is 2.25. The van der Waals surface area contributed by atoms with Crippen LogP contribution in [0.1, 0.15) is 31.3 Å². The second-order valence-corrected chi connectivity index (χ2v) is 4.59. The Morgan fingerprint density at radius 1 is 1.44 bits per heavy atom. The van der Waals surface area contributed by atoms with Crippen molar-refractivity contribution in [2.24, 2.45) is 0 Å². The Labute approximate surface area is 102 Å². The molecule has 2 aromatic heterocycles. The lowest BCUT2D eigenvalue weighted by Crippen LogP contribution is -1.91. The first-order chi connectivity index (χ1) is 7.74. The van der Waals surface area contributed by atoms with Gasteiger partial charge in [0, 0.05) is 10.9 Å². The number of aromatic nitrogens is 3. The summed E-state index contributed by atoms with van der Waals surface area (Å²) in [7, 11) is 0. The number of H-pyrrole nitrogens is 1. The van der Waals surface area contributed by atoms with E-state index in [0.29, 0.717) is 11.3 Å². The zero-order chi connectivity index (χ0) is 11.5. The molecule has 0 atom stereocenters. The number of fused-ring (bicyclic) bond motifs is 1. The number of nitrogens with one attached hydrogen (secondary N) is 1. The van der Waals surface area contributed by atoms with Gasteiger partial charge in [-0.1, -0.05) is 13.3 Å². The van der Waals surface area contributed by atoms with Gasteiger partial charge in [-0.05, 0) is 28.4 Å². The molecule has 0 aliphatic carbocycles. The lowest BCUT2D eigenvalue weighted by molar-refractivity contribution is 0.276. The Morgan fingerprint density at radius 3 is 2.94 bits per heavy atom. The summed E-state index contributed by atoms with van der Waals surface area (Å²) in [5, 5.41) is 9.10. The van der Waals surface area contributed by atoms with E-state index in [9.17, 15) is 0 Å². The van der Waals surface area contributed by atoms with E-state index in [0.717, 1.165) is 35.1 Å². The summed E-state index contributed by atoms with van der Waals surface area (Å²) >= 11 is 3.37. The fourth-order valence-corrected chi connectivity index (χ4v) is 2.02. The molecule has 5 heteroatoms. The van der Waals surface area contributed by atoms with E-state index in [1.165, 1.54) is 0 Å². The zero-order valence-corrected chi connectivity index (χ0v) is 10.7. The van der Waals surface area contributed by atoms with Crippen molar-refractivity contribution in [1.29, 1.82) is 0 Å². The Bertz CT molecular complexity index is 495. The van der Waals surface area contributed by atoms with Gasteiger partial charge in [0.2, 0.25) is 0 Å². The first-order valence-corrected chi connectivity index (χ1v) is 6.18. The van der Waals surface area contributed by atoms with Crippen LogP contribution in [-0.2, 0) is 13.0 Å². The summed E-state index contributed by atoms with van der Waals surface area (Å²) in [4.78, 5) is 11.9. The summed E-state index contributed by atoms with van der Waals surface area (Å²) in [5.41, 5.74) is 2.22. The highest BCUT2D eigenvalue weighted by Crippen LogP contribution is 2.20. The maximum Gasteiger partial charge on any atom is 0.178 e. The van der Waals surface area contributed by atoms with Gasteiger partial charge in [0.15, 0.2) is 5.65 Å². The molecule has 4 nitrogen and oxygen atoms in total. The van der Waals surface area contributed by atoms with Gasteiger partial charge in [0.25, 0.3) is 0 Å². The minimum Gasteiger partial charge on any atom is -0.390 e. The Balaban J connectivity index is 2.37. The third-order valence-corrected chi connectivity index (χ3v) is 3.15. The third-order valence-electron chi connectivity index (χ3n) is 2.47. The fraction of sp³-hybridized carbons (Fsp3) is 0.455. The molecule has 0 saturated heterocycles. The summed E-state index contributed by atoms with van der Waals surface area (Å²) in [6.45, 7) is 2.08. The molecule has 0 bridgehead atoms. The molecule has 2 N–H and O–H groups in total. The van der Waals surface area contributed by atoms with E-state index in [1.54, 1.807) is 0 Å². The van der Waals surface area contributed by atoms with E-state index in [-0.39, 0.29) is 6.61 Å². The van der Waals surface area contributed by atoms with Gasteiger partial charge < -0.3 is 10.1 Å². The molecule has 0 unspecified atom stereocenters. The van der Waals surface area contributed by atoms with E-state index >= 15 is 0 Å². The van der Waals surface area contributed by atoms with Crippen molar-refractivity contribution in [3.05, 3.63) is 22.1 Å². The van der Waals surface area contributed by atoms with E-state index in [2.05, 4.69) is 37.8 Å². The number of unbranched alkanes of at least 4 members (excludes halogenated alkanes) is 1. The van der Waals surface area contributed by atoms with Crippen LogP contribution in [0.4, 0.5) is 0 Å². The van der Waals surface area contributed by atoms with E-state index < -0.39 is 0 Å². The van der Waals surface area contributed by atoms with Gasteiger partial charge in [-0.3, -0.25) is 0 Å². The number of nitrogens with zero attached hydrogens (tertiary/aromatic N) is 2. The number of aliphatic hydroxyl groups is 1. The number of aromatic amines is 1. The maximum atomic E-state index is 9.10. The van der Waals surface area contributed by atoms with E-state index in [1.807, 2.05) is 6.07 Å². The smallest absolute Gasteiger partial charge is 0.178 e. The van der Waals surface area contributed by atoms with Crippen LogP contribution in [0.5, 0.6) is 0 Å². The van der Waals surface area contributed by atoms with E-state index in [4.69, 9.17) is 5.11 Å². The monoisotopic (exact) mass is 283 g/mol. The van der Waals surface area contributed by atoms with Crippen molar-refractivity contribution in [3.8, 4) is 0 Å². The Kier molecular flexibility index (Phi) is 3.56. The lowest BCUT2D eigenvalue weighted by atomic mass is 10.2. The fourth-order valence-electron chi connectivity index (χ4n) is 1.58. The first-order valence-electron chi connectivity index (χ1n) is 5.39. The zero-order valence-electron chi connectivity index (χ0n) is 9.13. The van der Waals surface area contributed by atoms with Gasteiger partial charge in [-0.2, -0.15) is 0 Å². The molecule has 0 amide bonds. The van der Waals surface area contributed by atoms with Crippen LogP contribution >= 0.6 is 15.9 Å². The molecule has 86 valence electrons. The normalized spacial score (nSPS) is 11.2. The second kappa shape index (κ2) is 4.93. The SMILES string of the molecule is CCCCc1nc2nc(CO)c(Br)cc2[nH]1. The molecular formula is C11H14BrN3O. The lowest BCUT2D eigenvalue weighted by Gasteiger charge is -1.97. The number of aryl methyl sites for hydroxylation is 1. The summed E-state index contributed by atoms with van der Waals surface area (Å²) in [6, 6.07) is 1.91. The predicted molar refractivity (Wildman–Crippen MR) is 66.1 cm³/mol. The largest absolute Gasteiger partial charge is 0.390 e. The summed E-state index contributed by atoms with van der Waals surface area (Å²) in [5.74, 6) is 0.964. The van der Waals surface area contributed by atoms with Crippen molar-refractivity contribution >= 4 is 27.1 Å². The van der Waals surface area contributed by atoms with Gasteiger partial charge >= 0.3 is 0 Å². The minimum atomic E-state index is -0.0757. The molecule has 0 aliphatic rings. The van der Waals surface area contributed by atoms with Crippen LogP contribution in [-0.4, -0.2) is 20.1 Å². The summed E-state index contributed by atoms with van der Waals surface area (Å²) < 4.78 is 0.813. The van der Waals surface area contributed by atoms with Crippen molar-refractivity contribution in [1.82, 2.24) is 15.0 Å². The maximum absolute atomic E-state index is 9.10. The molecule has 2 aromatic rings. The standard InChI is InChI=1S/C11H14BrN3O/c1-2-3-4-10-13-8-5-7(12)9(6-16)14-11(8)15-10/h5,16H,2-4,6H2,1H3,(H,13,14,15). The summed E-state index contributed by atoms with van der Waals surface area (Å²) in [6.07, 6.45) is 3.21. The number of imidazole rings is 1. The first kappa shape index (κ1) is 11.5. The van der Waals surface area contributed by atoms with Crippen molar-refractivity contribution < 1.29 is 5.11 Å². The highest BCUT2D eigenvalue weighted by molar-refractivity contribution is 9.10. The number of aliphatic hydroxyl groups excluding tert-OH is 1. The Hall–Kier alpha value is -0.940. The molecule has 16 heavy (non-hydrogen) atoms. The number of hydrogen-bond donors (Lipinski definition) is 2. The van der Waals surface area contributed by atoms with Crippen molar-refractivity contribution in [2.75, 3.05) is 0 Å². The number of pyridine rings is 1. The minimum absolute atomic E-state index is 0.0757. The number of halogens is 1. The molecular weight excluding hydrogens is 270 g/mol. The van der Waals surface area contributed by atoms with Gasteiger partial charge in [0.05, 0.1) is 17.8 Å². The van der Waals surface area contributed by atoms with Crippen LogP contribution in [0.2, 0.25) is 0 Å². The molecule has 0 saturated carbocycles. The highest BCUT2D eigenvalue weighted by atomic mass is 79.9. The molecule has 0 fully saturated rings. The number of hydrogen-bond acceptors (Lipinski definition) is 3. The van der Waals surface area contributed by atoms with Crippen LogP contribution in [0, 0.1) is 0 Å². The second-order valence-electron chi connectivity index (χ2n) is 3.73. The molecule has 2 rings (SSSR count). The van der Waals surface area contributed by atoms with Crippen LogP contribution in [0.15, 0.2) is 10.5 Å². The van der Waals surface area contributed by atoms with Crippen molar-refractivity contribution in [3.63, 3.8) is 0 Å². The van der Waals surface area contributed by atoms with Gasteiger partial charge in [-0.25, -0.2) is 9.97 Å². The van der Waals surface area contributed by atoms with Gasteiger partial charge in [-0.15, -0.1) is 0 Å². The molecule has 0 aromatic carbocycles. The quantitative estimate of drug-likeness (QED) is 0.907. The molecule has 0 aliphatic heterocycles.